The molecule has 3 atom stereocenters. The fourth-order valence-electron chi connectivity index (χ4n) is 5.89. The second-order valence-electron chi connectivity index (χ2n) is 10.4. The smallest absolute Gasteiger partial charge is 0.309 e. The van der Waals surface area contributed by atoms with Gasteiger partial charge in [0.05, 0.1) is 18.7 Å². The molecule has 1 aliphatic carbocycles. The van der Waals surface area contributed by atoms with Gasteiger partial charge in [0, 0.05) is 24.2 Å². The van der Waals surface area contributed by atoms with Crippen LogP contribution in [0, 0.1) is 17.7 Å². The first kappa shape index (κ1) is 25.9. The molecule has 6 rings (SSSR count). The van der Waals surface area contributed by atoms with E-state index in [9.17, 15) is 4.79 Å². The molecule has 0 radical (unpaired) electrons. The van der Waals surface area contributed by atoms with Crippen LogP contribution in [0.2, 0.25) is 0 Å². The van der Waals surface area contributed by atoms with Crippen molar-refractivity contribution in [3.05, 3.63) is 108 Å². The number of nitrogens with zero attached hydrogens (tertiary/aromatic N) is 2. The Kier molecular flexibility index (Phi) is 7.36. The summed E-state index contributed by atoms with van der Waals surface area (Å²) >= 11 is 0. The standard InChI is InChI=1S/C33H31FN2O4/c1-38-33(37)28-18-26-16-25(28)19-36(26)30-14-12-24(17-29(30)34)27-13-15-31(39-20-22-8-4-2-5-9-22)35-32(27)40-21-23-10-6-3-7-11-23/h2-15,17,25-26,28H,16,18-21H2,1H3/t25-,26?,28?/m0/s1. The lowest BCUT2D eigenvalue weighted by molar-refractivity contribution is -0.146. The van der Waals surface area contributed by atoms with Crippen LogP contribution in [-0.2, 0) is 22.7 Å². The Morgan fingerprint density at radius 3 is 2.23 bits per heavy atom. The number of anilines is 1. The summed E-state index contributed by atoms with van der Waals surface area (Å²) in [6, 6.07) is 28.8. The number of aromatic nitrogens is 1. The Labute approximate surface area is 233 Å². The van der Waals surface area contributed by atoms with Gasteiger partial charge in [-0.25, -0.2) is 4.39 Å². The molecule has 1 saturated carbocycles. The molecule has 1 saturated heterocycles. The highest BCUT2D eigenvalue weighted by Gasteiger charge is 2.48. The predicted molar refractivity (Wildman–Crippen MR) is 151 cm³/mol. The molecule has 2 bridgehead atoms. The second kappa shape index (κ2) is 11.4. The van der Waals surface area contributed by atoms with Crippen molar-refractivity contribution in [1.82, 2.24) is 4.98 Å². The maximum absolute atomic E-state index is 15.6. The Bertz CT molecular complexity index is 1480. The highest BCUT2D eigenvalue weighted by atomic mass is 19.1. The molecule has 3 aromatic carbocycles. The van der Waals surface area contributed by atoms with Gasteiger partial charge in [0.25, 0.3) is 0 Å². The number of fused-ring (bicyclic) bond motifs is 2. The number of rotatable bonds is 9. The number of piperidine rings is 1. The molecule has 2 fully saturated rings. The van der Waals surface area contributed by atoms with Crippen LogP contribution in [0.15, 0.2) is 91.0 Å². The lowest BCUT2D eigenvalue weighted by Crippen LogP contribution is -2.38. The number of hydrogen-bond donors (Lipinski definition) is 0. The van der Waals surface area contributed by atoms with Gasteiger partial charge >= 0.3 is 5.97 Å². The third-order valence-electron chi connectivity index (χ3n) is 7.90. The molecule has 40 heavy (non-hydrogen) atoms. The van der Waals surface area contributed by atoms with Crippen LogP contribution >= 0.6 is 0 Å². The summed E-state index contributed by atoms with van der Waals surface area (Å²) in [5, 5.41) is 0. The monoisotopic (exact) mass is 538 g/mol. The lowest BCUT2D eigenvalue weighted by Gasteiger charge is -2.32. The summed E-state index contributed by atoms with van der Waals surface area (Å²) in [6.07, 6.45) is 1.58. The van der Waals surface area contributed by atoms with Crippen LogP contribution in [0.3, 0.4) is 0 Å². The van der Waals surface area contributed by atoms with Gasteiger partial charge in [0.2, 0.25) is 11.8 Å². The summed E-state index contributed by atoms with van der Waals surface area (Å²) in [7, 11) is 1.43. The quantitative estimate of drug-likeness (QED) is 0.229. The molecule has 4 aromatic rings. The van der Waals surface area contributed by atoms with E-state index < -0.39 is 0 Å². The number of methoxy groups -OCH3 is 1. The Morgan fingerprint density at radius 1 is 0.900 bits per heavy atom. The number of pyridine rings is 1. The van der Waals surface area contributed by atoms with E-state index in [-0.39, 0.29) is 29.7 Å². The van der Waals surface area contributed by atoms with Gasteiger partial charge in [0.1, 0.15) is 19.0 Å². The first-order valence-corrected chi connectivity index (χ1v) is 13.6. The van der Waals surface area contributed by atoms with E-state index in [2.05, 4.69) is 9.88 Å². The molecule has 2 aliphatic rings. The molecule has 6 nitrogen and oxygen atoms in total. The van der Waals surface area contributed by atoms with Crippen molar-refractivity contribution in [2.24, 2.45) is 11.8 Å². The predicted octanol–water partition coefficient (Wildman–Crippen LogP) is 6.43. The molecular formula is C33H31FN2O4. The van der Waals surface area contributed by atoms with E-state index in [1.54, 1.807) is 6.07 Å². The van der Waals surface area contributed by atoms with Gasteiger partial charge in [-0.1, -0.05) is 66.7 Å². The summed E-state index contributed by atoms with van der Waals surface area (Å²) in [5.41, 5.74) is 3.94. The van der Waals surface area contributed by atoms with Gasteiger partial charge in [-0.15, -0.1) is 0 Å². The van der Waals surface area contributed by atoms with Crippen molar-refractivity contribution in [2.45, 2.75) is 32.1 Å². The number of benzene rings is 3. The van der Waals surface area contributed by atoms with Crippen molar-refractivity contribution >= 4 is 11.7 Å². The van der Waals surface area contributed by atoms with Gasteiger partial charge in [-0.05, 0) is 53.6 Å². The van der Waals surface area contributed by atoms with E-state index in [0.29, 0.717) is 54.8 Å². The number of esters is 1. The SMILES string of the molecule is COC(=O)C1CC2C[C@H]1CN2c1ccc(-c2ccc(OCc3ccccc3)nc2OCc2ccccc2)cc1F. The van der Waals surface area contributed by atoms with E-state index in [0.717, 1.165) is 17.5 Å². The maximum Gasteiger partial charge on any atom is 0.309 e. The molecule has 1 aliphatic heterocycles. The third kappa shape index (κ3) is 5.37. The summed E-state index contributed by atoms with van der Waals surface area (Å²) in [4.78, 5) is 18.8. The molecule has 0 N–H and O–H groups in total. The van der Waals surface area contributed by atoms with Crippen molar-refractivity contribution < 1.29 is 23.4 Å². The molecule has 2 heterocycles. The topological polar surface area (TPSA) is 60.9 Å². The minimum Gasteiger partial charge on any atom is -0.473 e. The average molecular weight is 539 g/mol. The molecule has 2 unspecified atom stereocenters. The fourth-order valence-corrected chi connectivity index (χ4v) is 5.89. The van der Waals surface area contributed by atoms with E-state index >= 15 is 4.39 Å². The normalized spacial score (nSPS) is 19.4. The van der Waals surface area contributed by atoms with Crippen LogP contribution in [0.1, 0.15) is 24.0 Å². The van der Waals surface area contributed by atoms with Crippen LogP contribution < -0.4 is 14.4 Å². The largest absolute Gasteiger partial charge is 0.473 e. The van der Waals surface area contributed by atoms with E-state index in [1.807, 2.05) is 78.9 Å². The third-order valence-corrected chi connectivity index (χ3v) is 7.90. The van der Waals surface area contributed by atoms with Crippen molar-refractivity contribution in [3.63, 3.8) is 0 Å². The molecule has 0 amide bonds. The van der Waals surface area contributed by atoms with Crippen molar-refractivity contribution in [1.29, 1.82) is 0 Å². The number of carbonyl (C=O) groups is 1. The van der Waals surface area contributed by atoms with Crippen LogP contribution in [0.4, 0.5) is 10.1 Å². The first-order chi connectivity index (χ1) is 19.6. The highest BCUT2D eigenvalue weighted by molar-refractivity contribution is 5.75. The number of ether oxygens (including phenoxy) is 3. The van der Waals surface area contributed by atoms with E-state index in [4.69, 9.17) is 14.2 Å². The minimum absolute atomic E-state index is 0.0911. The zero-order valence-electron chi connectivity index (χ0n) is 22.3. The van der Waals surface area contributed by atoms with Gasteiger partial charge in [-0.2, -0.15) is 4.98 Å². The van der Waals surface area contributed by atoms with Crippen LogP contribution in [0.25, 0.3) is 11.1 Å². The highest BCUT2D eigenvalue weighted by Crippen LogP contribution is 2.45. The van der Waals surface area contributed by atoms with Crippen molar-refractivity contribution in [2.75, 3.05) is 18.6 Å². The molecule has 204 valence electrons. The van der Waals surface area contributed by atoms with Crippen LogP contribution in [0.5, 0.6) is 11.8 Å². The summed E-state index contributed by atoms with van der Waals surface area (Å²) in [5.74, 6) is 0.449. The minimum atomic E-state index is -0.307. The molecular weight excluding hydrogens is 507 g/mol. The molecule has 0 spiro atoms. The molecule has 1 aromatic heterocycles. The summed E-state index contributed by atoms with van der Waals surface area (Å²) < 4.78 is 32.6. The lowest BCUT2D eigenvalue weighted by atomic mass is 9.94. The van der Waals surface area contributed by atoms with Gasteiger partial charge < -0.3 is 19.1 Å². The number of halogens is 1. The first-order valence-electron chi connectivity index (χ1n) is 13.6. The van der Waals surface area contributed by atoms with Gasteiger partial charge in [-0.3, -0.25) is 4.79 Å². The summed E-state index contributed by atoms with van der Waals surface area (Å²) in [6.45, 7) is 1.35. The number of carbonyl (C=O) groups excluding carboxylic acids is 1. The number of hydrogen-bond acceptors (Lipinski definition) is 6. The van der Waals surface area contributed by atoms with Crippen molar-refractivity contribution in [3.8, 4) is 22.9 Å². The fraction of sp³-hybridized carbons (Fsp3) is 0.273. The second-order valence-corrected chi connectivity index (χ2v) is 10.4. The Morgan fingerprint density at radius 2 is 1.60 bits per heavy atom. The zero-order chi connectivity index (χ0) is 27.5. The van der Waals surface area contributed by atoms with Gasteiger partial charge in [0.15, 0.2) is 0 Å². The van der Waals surface area contributed by atoms with E-state index in [1.165, 1.54) is 13.2 Å². The zero-order valence-corrected chi connectivity index (χ0v) is 22.3. The average Bonchev–Trinajstić information content (AvgIpc) is 3.61. The Balaban J connectivity index is 1.24. The molecule has 7 heteroatoms. The maximum atomic E-state index is 15.6. The Hall–Kier alpha value is -4.39. The van der Waals surface area contributed by atoms with Crippen LogP contribution in [-0.4, -0.2) is 30.6 Å².